The molecule has 1 saturated carbocycles. The summed E-state index contributed by atoms with van der Waals surface area (Å²) in [4.78, 5) is 12.0. The molecule has 0 bridgehead atoms. The summed E-state index contributed by atoms with van der Waals surface area (Å²) in [6.07, 6.45) is 2.24. The Balaban J connectivity index is 1.56. The lowest BCUT2D eigenvalue weighted by Gasteiger charge is -2.15. The predicted molar refractivity (Wildman–Crippen MR) is 88.7 cm³/mol. The quantitative estimate of drug-likeness (QED) is 0.815. The van der Waals surface area contributed by atoms with Gasteiger partial charge in [-0.3, -0.25) is 0 Å². The number of carbonyl (C=O) groups excluding carboxylic acids is 1. The van der Waals surface area contributed by atoms with Crippen molar-refractivity contribution in [1.82, 2.24) is 5.32 Å². The molecule has 1 heterocycles. The summed E-state index contributed by atoms with van der Waals surface area (Å²) < 4.78 is 0. The molecule has 110 valence electrons. The third kappa shape index (κ3) is 3.34. The van der Waals surface area contributed by atoms with Crippen LogP contribution >= 0.6 is 34.5 Å². The van der Waals surface area contributed by atoms with E-state index < -0.39 is 0 Å². The van der Waals surface area contributed by atoms with E-state index in [-0.39, 0.29) is 11.4 Å². The van der Waals surface area contributed by atoms with Gasteiger partial charge in [-0.05, 0) is 53.4 Å². The minimum Gasteiger partial charge on any atom is -0.337 e. The van der Waals surface area contributed by atoms with Gasteiger partial charge in [-0.2, -0.15) is 11.3 Å². The zero-order valence-corrected chi connectivity index (χ0v) is 13.5. The number of hydrogen-bond donors (Lipinski definition) is 2. The van der Waals surface area contributed by atoms with Crippen LogP contribution in [0.5, 0.6) is 0 Å². The molecule has 1 aliphatic carbocycles. The summed E-state index contributed by atoms with van der Waals surface area (Å²) in [5, 5.41) is 10.8. The first-order valence-corrected chi connectivity index (χ1v) is 8.32. The molecule has 1 aromatic carbocycles. The maximum absolute atomic E-state index is 12.0. The zero-order valence-electron chi connectivity index (χ0n) is 11.2. The molecule has 3 rings (SSSR count). The Kier molecular flexibility index (Phi) is 4.11. The van der Waals surface area contributed by atoms with E-state index in [1.54, 1.807) is 29.5 Å². The number of benzene rings is 1. The first-order valence-electron chi connectivity index (χ1n) is 6.62. The van der Waals surface area contributed by atoms with Crippen LogP contribution in [0.4, 0.5) is 10.5 Å². The highest BCUT2D eigenvalue weighted by Gasteiger charge is 2.44. The van der Waals surface area contributed by atoms with Crippen molar-refractivity contribution < 1.29 is 4.79 Å². The number of hydrogen-bond acceptors (Lipinski definition) is 2. The lowest BCUT2D eigenvalue weighted by molar-refractivity contribution is 0.251. The Bertz CT molecular complexity index is 654. The fraction of sp³-hybridized carbons (Fsp3) is 0.267. The summed E-state index contributed by atoms with van der Waals surface area (Å²) in [5.74, 6) is 0. The van der Waals surface area contributed by atoms with Crippen LogP contribution in [0.15, 0.2) is 35.0 Å². The van der Waals surface area contributed by atoms with Crippen LogP contribution in [0, 0.1) is 0 Å². The number of carbonyl (C=O) groups is 1. The number of rotatable bonds is 4. The fourth-order valence-corrected chi connectivity index (χ4v) is 3.36. The molecule has 0 saturated heterocycles. The molecule has 2 amide bonds. The summed E-state index contributed by atoms with van der Waals surface area (Å²) in [6.45, 7) is 0.650. The Morgan fingerprint density at radius 2 is 2.05 bits per heavy atom. The van der Waals surface area contributed by atoms with Gasteiger partial charge in [-0.1, -0.05) is 23.2 Å². The fourth-order valence-electron chi connectivity index (χ4n) is 2.28. The summed E-state index contributed by atoms with van der Waals surface area (Å²) in [7, 11) is 0. The van der Waals surface area contributed by atoms with E-state index >= 15 is 0 Å². The van der Waals surface area contributed by atoms with Crippen molar-refractivity contribution in [3.05, 3.63) is 50.6 Å². The third-order valence-electron chi connectivity index (χ3n) is 3.75. The van der Waals surface area contributed by atoms with E-state index in [2.05, 4.69) is 27.5 Å². The number of urea groups is 1. The second-order valence-electron chi connectivity index (χ2n) is 5.23. The van der Waals surface area contributed by atoms with Gasteiger partial charge in [0.1, 0.15) is 0 Å². The summed E-state index contributed by atoms with van der Waals surface area (Å²) in [6, 6.07) is 6.92. The first-order chi connectivity index (χ1) is 10.1. The molecule has 6 heteroatoms. The molecule has 3 nitrogen and oxygen atoms in total. The van der Waals surface area contributed by atoms with Crippen molar-refractivity contribution in [2.75, 3.05) is 11.9 Å². The van der Waals surface area contributed by atoms with Crippen LogP contribution in [0.25, 0.3) is 0 Å². The van der Waals surface area contributed by atoms with Gasteiger partial charge in [0.05, 0.1) is 10.0 Å². The minimum atomic E-state index is -0.227. The van der Waals surface area contributed by atoms with Crippen LogP contribution in [0.1, 0.15) is 18.4 Å². The van der Waals surface area contributed by atoms with Crippen LogP contribution in [0.2, 0.25) is 10.0 Å². The summed E-state index contributed by atoms with van der Waals surface area (Å²) in [5.41, 5.74) is 2.08. The van der Waals surface area contributed by atoms with Crippen molar-refractivity contribution in [3.8, 4) is 0 Å². The molecule has 1 aromatic heterocycles. The van der Waals surface area contributed by atoms with E-state index in [1.165, 1.54) is 5.56 Å². The first kappa shape index (κ1) is 14.7. The van der Waals surface area contributed by atoms with Gasteiger partial charge in [0.15, 0.2) is 0 Å². The molecule has 0 spiro atoms. The molecule has 21 heavy (non-hydrogen) atoms. The highest BCUT2D eigenvalue weighted by atomic mass is 35.5. The highest BCUT2D eigenvalue weighted by molar-refractivity contribution is 7.08. The van der Waals surface area contributed by atoms with E-state index in [4.69, 9.17) is 23.2 Å². The number of halogens is 2. The van der Waals surface area contributed by atoms with Gasteiger partial charge in [0.25, 0.3) is 0 Å². The molecule has 2 aromatic rings. The number of nitrogens with one attached hydrogen (secondary N) is 2. The predicted octanol–water partition coefficient (Wildman–Crippen LogP) is 4.91. The van der Waals surface area contributed by atoms with Crippen LogP contribution < -0.4 is 10.6 Å². The third-order valence-corrected chi connectivity index (χ3v) is 5.17. The normalized spacial score (nSPS) is 15.5. The van der Waals surface area contributed by atoms with Gasteiger partial charge in [0.2, 0.25) is 0 Å². The van der Waals surface area contributed by atoms with Crippen molar-refractivity contribution in [1.29, 1.82) is 0 Å². The molecular weight excluding hydrogens is 327 g/mol. The van der Waals surface area contributed by atoms with E-state index in [0.29, 0.717) is 22.3 Å². The topological polar surface area (TPSA) is 41.1 Å². The Hall–Kier alpha value is -1.23. The number of anilines is 1. The SMILES string of the molecule is O=C(NCC1(c2ccsc2)CC1)Nc1ccc(Cl)c(Cl)c1. The minimum absolute atomic E-state index is 0.134. The lowest BCUT2D eigenvalue weighted by Crippen LogP contribution is -2.35. The Labute approximate surface area is 137 Å². The molecule has 0 unspecified atom stereocenters. The molecule has 0 atom stereocenters. The van der Waals surface area contributed by atoms with Crippen molar-refractivity contribution in [2.45, 2.75) is 18.3 Å². The van der Waals surface area contributed by atoms with Crippen LogP contribution in [-0.4, -0.2) is 12.6 Å². The number of thiophene rings is 1. The van der Waals surface area contributed by atoms with Gasteiger partial charge in [-0.15, -0.1) is 0 Å². The average molecular weight is 341 g/mol. The van der Waals surface area contributed by atoms with Gasteiger partial charge >= 0.3 is 6.03 Å². The number of amides is 2. The standard InChI is InChI=1S/C15H14Cl2N2OS/c16-12-2-1-11(7-13(12)17)19-14(20)18-9-15(4-5-15)10-3-6-21-8-10/h1-3,6-8H,4-5,9H2,(H2,18,19,20). The van der Waals surface area contributed by atoms with Crippen molar-refractivity contribution >= 4 is 46.3 Å². The molecule has 1 aliphatic rings. The van der Waals surface area contributed by atoms with E-state index in [0.717, 1.165) is 12.8 Å². The van der Waals surface area contributed by atoms with Gasteiger partial charge in [-0.25, -0.2) is 4.79 Å². The summed E-state index contributed by atoms with van der Waals surface area (Å²) >= 11 is 13.5. The second kappa shape index (κ2) is 5.87. The smallest absolute Gasteiger partial charge is 0.319 e. The largest absolute Gasteiger partial charge is 0.337 e. The van der Waals surface area contributed by atoms with E-state index in [9.17, 15) is 4.79 Å². The van der Waals surface area contributed by atoms with Crippen LogP contribution in [-0.2, 0) is 5.41 Å². The maximum Gasteiger partial charge on any atom is 0.319 e. The molecular formula is C15H14Cl2N2OS. The maximum atomic E-state index is 12.0. The van der Waals surface area contributed by atoms with Crippen molar-refractivity contribution in [2.24, 2.45) is 0 Å². The monoisotopic (exact) mass is 340 g/mol. The Morgan fingerprint density at radius 1 is 1.24 bits per heavy atom. The molecule has 0 radical (unpaired) electrons. The molecule has 1 fully saturated rings. The van der Waals surface area contributed by atoms with Gasteiger partial charge < -0.3 is 10.6 Å². The van der Waals surface area contributed by atoms with Crippen molar-refractivity contribution in [3.63, 3.8) is 0 Å². The van der Waals surface area contributed by atoms with E-state index in [1.807, 2.05) is 0 Å². The molecule has 0 aliphatic heterocycles. The molecule has 2 N–H and O–H groups in total. The second-order valence-corrected chi connectivity index (χ2v) is 6.82. The zero-order chi connectivity index (χ0) is 14.9. The lowest BCUT2D eigenvalue weighted by atomic mass is 9.99. The van der Waals surface area contributed by atoms with Crippen LogP contribution in [0.3, 0.4) is 0 Å². The average Bonchev–Trinajstić information content (AvgIpc) is 3.04. The van der Waals surface area contributed by atoms with Gasteiger partial charge in [0, 0.05) is 17.6 Å². The Morgan fingerprint density at radius 3 is 2.67 bits per heavy atom. The highest BCUT2D eigenvalue weighted by Crippen LogP contribution is 2.48.